The number of thiophene rings is 1. The van der Waals surface area contributed by atoms with Gasteiger partial charge in [0.25, 0.3) is 0 Å². The Morgan fingerprint density at radius 1 is 1.31 bits per heavy atom. The highest BCUT2D eigenvalue weighted by Gasteiger charge is 2.12. The van der Waals surface area contributed by atoms with Gasteiger partial charge in [0, 0.05) is 27.8 Å². The van der Waals surface area contributed by atoms with E-state index >= 15 is 0 Å². The van der Waals surface area contributed by atoms with Crippen molar-refractivity contribution in [3.63, 3.8) is 0 Å². The van der Waals surface area contributed by atoms with Crippen LogP contribution in [0.15, 0.2) is 28.9 Å². The fourth-order valence-electron chi connectivity index (χ4n) is 1.83. The minimum absolute atomic E-state index is 0.0436. The summed E-state index contributed by atoms with van der Waals surface area (Å²) < 4.78 is 5.27. The molecule has 0 amide bonds. The largest absolute Gasteiger partial charge is 0.469 e. The van der Waals surface area contributed by atoms with E-state index < -0.39 is 0 Å². The standard InChI is InChI=1S/C13H17NOS/c1-3-10-4-5-11(16-10)8-13(14)12-6-7-15-9(12)2/h4-7,13H,3,8,14H2,1-2H3. The predicted octanol–water partition coefficient (Wildman–Crippen LogP) is 3.45. The monoisotopic (exact) mass is 235 g/mol. The van der Waals surface area contributed by atoms with Crippen LogP contribution in [0.2, 0.25) is 0 Å². The Balaban J connectivity index is 2.07. The van der Waals surface area contributed by atoms with Crippen molar-refractivity contribution in [2.45, 2.75) is 32.7 Å². The highest BCUT2D eigenvalue weighted by atomic mass is 32.1. The summed E-state index contributed by atoms with van der Waals surface area (Å²) in [5.74, 6) is 0.930. The van der Waals surface area contributed by atoms with E-state index in [0.717, 1.165) is 24.2 Å². The first kappa shape index (κ1) is 11.4. The van der Waals surface area contributed by atoms with Crippen molar-refractivity contribution >= 4 is 11.3 Å². The summed E-state index contributed by atoms with van der Waals surface area (Å²) in [7, 11) is 0. The molecule has 2 N–H and O–H groups in total. The molecule has 16 heavy (non-hydrogen) atoms. The van der Waals surface area contributed by atoms with Gasteiger partial charge >= 0.3 is 0 Å². The van der Waals surface area contributed by atoms with Crippen LogP contribution < -0.4 is 5.73 Å². The van der Waals surface area contributed by atoms with Crippen LogP contribution in [0.3, 0.4) is 0 Å². The van der Waals surface area contributed by atoms with Gasteiger partial charge in [0.15, 0.2) is 0 Å². The van der Waals surface area contributed by atoms with Crippen LogP contribution in [-0.2, 0) is 12.8 Å². The Hall–Kier alpha value is -1.06. The molecular formula is C13H17NOS. The van der Waals surface area contributed by atoms with Gasteiger partial charge in [0.1, 0.15) is 5.76 Å². The molecule has 2 rings (SSSR count). The van der Waals surface area contributed by atoms with E-state index in [2.05, 4.69) is 19.1 Å². The molecule has 0 aliphatic heterocycles. The topological polar surface area (TPSA) is 39.2 Å². The Labute approximate surface area is 100 Å². The van der Waals surface area contributed by atoms with Crippen molar-refractivity contribution in [1.82, 2.24) is 0 Å². The summed E-state index contributed by atoms with van der Waals surface area (Å²) in [6.45, 7) is 4.14. The third-order valence-electron chi connectivity index (χ3n) is 2.79. The van der Waals surface area contributed by atoms with Gasteiger partial charge in [-0.05, 0) is 31.5 Å². The lowest BCUT2D eigenvalue weighted by Crippen LogP contribution is -2.12. The Morgan fingerprint density at radius 2 is 2.06 bits per heavy atom. The first-order valence-electron chi connectivity index (χ1n) is 5.58. The molecule has 86 valence electrons. The lowest BCUT2D eigenvalue weighted by molar-refractivity contribution is 0.524. The average molecular weight is 235 g/mol. The molecule has 0 fully saturated rings. The minimum atomic E-state index is 0.0436. The molecular weight excluding hydrogens is 218 g/mol. The third kappa shape index (κ3) is 2.36. The molecule has 2 nitrogen and oxygen atoms in total. The van der Waals surface area contributed by atoms with Crippen LogP contribution >= 0.6 is 11.3 Å². The number of aryl methyl sites for hydroxylation is 2. The summed E-state index contributed by atoms with van der Waals surface area (Å²) in [6, 6.07) is 6.38. The van der Waals surface area contributed by atoms with Crippen molar-refractivity contribution in [3.05, 3.63) is 45.5 Å². The molecule has 0 radical (unpaired) electrons. The lowest BCUT2D eigenvalue weighted by atomic mass is 10.1. The minimum Gasteiger partial charge on any atom is -0.469 e. The van der Waals surface area contributed by atoms with E-state index in [1.807, 2.05) is 24.3 Å². The number of rotatable bonds is 4. The van der Waals surface area contributed by atoms with Crippen LogP contribution in [-0.4, -0.2) is 0 Å². The molecule has 0 aliphatic carbocycles. The van der Waals surface area contributed by atoms with Crippen LogP contribution in [0.1, 0.15) is 34.0 Å². The fraction of sp³-hybridized carbons (Fsp3) is 0.385. The maximum atomic E-state index is 6.17. The maximum Gasteiger partial charge on any atom is 0.105 e. The fourth-order valence-corrected chi connectivity index (χ4v) is 2.84. The van der Waals surface area contributed by atoms with Gasteiger partial charge in [-0.25, -0.2) is 0 Å². The number of nitrogens with two attached hydrogens (primary N) is 1. The second-order valence-electron chi connectivity index (χ2n) is 3.96. The third-order valence-corrected chi connectivity index (χ3v) is 4.04. The van der Waals surface area contributed by atoms with E-state index in [0.29, 0.717) is 0 Å². The Kier molecular flexibility index (Phi) is 3.46. The highest BCUT2D eigenvalue weighted by molar-refractivity contribution is 7.11. The molecule has 2 heterocycles. The zero-order valence-electron chi connectivity index (χ0n) is 9.69. The quantitative estimate of drug-likeness (QED) is 0.881. The lowest BCUT2D eigenvalue weighted by Gasteiger charge is -2.08. The van der Waals surface area contributed by atoms with Crippen LogP contribution in [0.5, 0.6) is 0 Å². The first-order chi connectivity index (χ1) is 7.70. The summed E-state index contributed by atoms with van der Waals surface area (Å²) in [6.07, 6.45) is 3.70. The van der Waals surface area contributed by atoms with Crippen molar-refractivity contribution in [3.8, 4) is 0 Å². The van der Waals surface area contributed by atoms with Gasteiger partial charge in [-0.15, -0.1) is 11.3 Å². The smallest absolute Gasteiger partial charge is 0.105 e. The zero-order chi connectivity index (χ0) is 11.5. The van der Waals surface area contributed by atoms with Gasteiger partial charge in [0.05, 0.1) is 6.26 Å². The van der Waals surface area contributed by atoms with Gasteiger partial charge in [-0.2, -0.15) is 0 Å². The second kappa shape index (κ2) is 4.85. The molecule has 0 spiro atoms. The van der Waals surface area contributed by atoms with Crippen LogP contribution in [0.4, 0.5) is 0 Å². The SMILES string of the molecule is CCc1ccc(CC(N)c2ccoc2C)s1. The molecule has 2 aromatic rings. The predicted molar refractivity (Wildman–Crippen MR) is 67.8 cm³/mol. The van der Waals surface area contributed by atoms with E-state index in [9.17, 15) is 0 Å². The molecule has 1 unspecified atom stereocenters. The Morgan fingerprint density at radius 3 is 2.62 bits per heavy atom. The Bertz CT molecular complexity index is 458. The molecule has 0 bridgehead atoms. The van der Waals surface area contributed by atoms with Crippen LogP contribution in [0.25, 0.3) is 0 Å². The van der Waals surface area contributed by atoms with Crippen LogP contribution in [0, 0.1) is 6.92 Å². The van der Waals surface area contributed by atoms with E-state index in [-0.39, 0.29) is 6.04 Å². The average Bonchev–Trinajstić information content (AvgIpc) is 2.86. The molecule has 3 heteroatoms. The second-order valence-corrected chi connectivity index (χ2v) is 5.22. The van der Waals surface area contributed by atoms with Gasteiger partial charge in [0.2, 0.25) is 0 Å². The number of furan rings is 1. The summed E-state index contributed by atoms with van der Waals surface area (Å²) in [5, 5.41) is 0. The molecule has 2 aromatic heterocycles. The van der Waals surface area contributed by atoms with Crippen molar-refractivity contribution in [1.29, 1.82) is 0 Å². The highest BCUT2D eigenvalue weighted by Crippen LogP contribution is 2.24. The summed E-state index contributed by atoms with van der Waals surface area (Å²) in [5.41, 5.74) is 7.29. The summed E-state index contributed by atoms with van der Waals surface area (Å²) >= 11 is 1.85. The van der Waals surface area contributed by atoms with E-state index in [1.54, 1.807) is 6.26 Å². The molecule has 1 atom stereocenters. The molecule has 0 aromatic carbocycles. The maximum absolute atomic E-state index is 6.17. The van der Waals surface area contributed by atoms with Crippen molar-refractivity contribution in [2.75, 3.05) is 0 Å². The van der Waals surface area contributed by atoms with Gasteiger partial charge in [-0.1, -0.05) is 6.92 Å². The first-order valence-corrected chi connectivity index (χ1v) is 6.39. The zero-order valence-corrected chi connectivity index (χ0v) is 10.5. The van der Waals surface area contributed by atoms with Gasteiger partial charge in [-0.3, -0.25) is 0 Å². The number of hydrogen-bond donors (Lipinski definition) is 1. The number of hydrogen-bond acceptors (Lipinski definition) is 3. The molecule has 0 saturated heterocycles. The van der Waals surface area contributed by atoms with E-state index in [4.69, 9.17) is 10.2 Å². The molecule has 0 aliphatic rings. The van der Waals surface area contributed by atoms with Crippen molar-refractivity contribution in [2.24, 2.45) is 5.73 Å². The summed E-state index contributed by atoms with van der Waals surface area (Å²) in [4.78, 5) is 2.77. The normalized spacial score (nSPS) is 12.9. The van der Waals surface area contributed by atoms with Gasteiger partial charge < -0.3 is 10.2 Å². The molecule has 0 saturated carbocycles. The van der Waals surface area contributed by atoms with Crippen molar-refractivity contribution < 1.29 is 4.42 Å². The van der Waals surface area contributed by atoms with E-state index in [1.165, 1.54) is 9.75 Å².